The lowest BCUT2D eigenvalue weighted by Crippen LogP contribution is -2.31. The van der Waals surface area contributed by atoms with Crippen LogP contribution in [-0.2, 0) is 4.79 Å². The molecule has 2 N–H and O–H groups in total. The van der Waals surface area contributed by atoms with Gasteiger partial charge in [0.15, 0.2) is 17.3 Å². The van der Waals surface area contributed by atoms with Gasteiger partial charge in [-0.3, -0.25) is 14.5 Å². The number of hydrogen-bond acceptors (Lipinski definition) is 6. The van der Waals surface area contributed by atoms with Crippen LogP contribution in [0.2, 0.25) is 5.02 Å². The van der Waals surface area contributed by atoms with Crippen molar-refractivity contribution >= 4 is 40.3 Å². The predicted octanol–water partition coefficient (Wildman–Crippen LogP) is 4.90. The van der Waals surface area contributed by atoms with E-state index in [-0.39, 0.29) is 17.1 Å². The van der Waals surface area contributed by atoms with Gasteiger partial charge in [0, 0.05) is 10.7 Å². The maximum Gasteiger partial charge on any atom is 0.294 e. The number of aliphatic hydroxyl groups excluding tert-OH is 1. The molecule has 3 aromatic rings. The number of anilines is 1. The molecular formula is C22H16ClNO5S. The second-order valence-electron chi connectivity index (χ2n) is 6.56. The molecule has 1 aliphatic heterocycles. The molecule has 1 amide bonds. The molecule has 0 aliphatic carbocycles. The highest BCUT2D eigenvalue weighted by Crippen LogP contribution is 2.44. The second-order valence-corrected chi connectivity index (χ2v) is 7.94. The molecule has 4 rings (SSSR count). The molecule has 6 nitrogen and oxygen atoms in total. The zero-order valence-electron chi connectivity index (χ0n) is 15.7. The molecule has 1 atom stereocenters. The number of carbonyl (C=O) groups is 2. The Morgan fingerprint density at radius 3 is 2.57 bits per heavy atom. The molecule has 0 spiro atoms. The van der Waals surface area contributed by atoms with E-state index in [0.717, 1.165) is 0 Å². The molecule has 0 radical (unpaired) electrons. The highest BCUT2D eigenvalue weighted by Gasteiger charge is 2.45. The number of phenolic OH excluding ortho intramolecular Hbond substituents is 1. The molecular weight excluding hydrogens is 426 g/mol. The third-order valence-electron chi connectivity index (χ3n) is 4.80. The van der Waals surface area contributed by atoms with E-state index >= 15 is 0 Å². The third kappa shape index (κ3) is 3.32. The topological polar surface area (TPSA) is 87.1 Å². The van der Waals surface area contributed by atoms with E-state index in [9.17, 15) is 19.8 Å². The summed E-state index contributed by atoms with van der Waals surface area (Å²) < 4.78 is 5.09. The summed E-state index contributed by atoms with van der Waals surface area (Å²) in [5.41, 5.74) is 0.783. The summed E-state index contributed by atoms with van der Waals surface area (Å²) in [5.74, 6) is -1.72. The lowest BCUT2D eigenvalue weighted by atomic mass is 9.95. The minimum atomic E-state index is -0.956. The molecule has 0 saturated carbocycles. The number of methoxy groups -OCH3 is 1. The van der Waals surface area contributed by atoms with Crippen LogP contribution in [0, 0.1) is 0 Å². The van der Waals surface area contributed by atoms with Crippen molar-refractivity contribution in [2.24, 2.45) is 0 Å². The van der Waals surface area contributed by atoms with Gasteiger partial charge in [-0.05, 0) is 47.3 Å². The van der Waals surface area contributed by atoms with Crippen LogP contribution in [0.15, 0.2) is 71.3 Å². The Hall–Kier alpha value is -3.29. The maximum atomic E-state index is 13.2. The molecule has 152 valence electrons. The van der Waals surface area contributed by atoms with Crippen molar-refractivity contribution in [2.75, 3.05) is 12.0 Å². The first kappa shape index (κ1) is 20.0. The molecule has 2 heterocycles. The van der Waals surface area contributed by atoms with Crippen LogP contribution in [0.5, 0.6) is 11.5 Å². The average molecular weight is 442 g/mol. The molecule has 0 fully saturated rings. The number of halogens is 1. The molecule has 2 aromatic carbocycles. The number of amides is 1. The van der Waals surface area contributed by atoms with E-state index in [0.29, 0.717) is 21.2 Å². The normalized spacial score (nSPS) is 16.3. The largest absolute Gasteiger partial charge is 0.504 e. The van der Waals surface area contributed by atoms with Gasteiger partial charge in [0.1, 0.15) is 0 Å². The number of nitrogens with zero attached hydrogens (tertiary/aromatic N) is 1. The summed E-state index contributed by atoms with van der Waals surface area (Å²) in [6, 6.07) is 13.5. The number of Topliss-reactive ketones (excluding diaryl/α,β-unsaturated/α-hetero) is 1. The van der Waals surface area contributed by atoms with Gasteiger partial charge in [-0.2, -0.15) is 0 Å². The standard InChI is InChI=1S/C22H16ClNO5S/c1-29-16-8-7-12(10-15(16)25)19-18(20(26)17-6-3-9-30-17)21(27)22(28)24(19)14-5-2-4-13(23)11-14/h2-11,19,25,27H,1H3. The number of benzene rings is 2. The van der Waals surface area contributed by atoms with Crippen LogP contribution in [-0.4, -0.2) is 29.0 Å². The number of phenols is 1. The monoisotopic (exact) mass is 441 g/mol. The van der Waals surface area contributed by atoms with Crippen LogP contribution < -0.4 is 9.64 Å². The van der Waals surface area contributed by atoms with E-state index in [4.69, 9.17) is 16.3 Å². The minimum absolute atomic E-state index is 0.0630. The number of thiophene rings is 1. The molecule has 0 saturated heterocycles. The van der Waals surface area contributed by atoms with Crippen molar-refractivity contribution in [2.45, 2.75) is 6.04 Å². The fourth-order valence-corrected chi connectivity index (χ4v) is 4.32. The van der Waals surface area contributed by atoms with Gasteiger partial charge < -0.3 is 14.9 Å². The molecule has 8 heteroatoms. The number of aromatic hydroxyl groups is 1. The van der Waals surface area contributed by atoms with Crippen LogP contribution in [0.3, 0.4) is 0 Å². The highest BCUT2D eigenvalue weighted by atomic mass is 35.5. The number of aliphatic hydroxyl groups is 1. The van der Waals surface area contributed by atoms with Gasteiger partial charge in [0.25, 0.3) is 5.91 Å². The molecule has 0 bridgehead atoms. The Morgan fingerprint density at radius 1 is 1.13 bits per heavy atom. The van der Waals surface area contributed by atoms with E-state index in [2.05, 4.69) is 0 Å². The Kier molecular flexibility index (Phi) is 5.24. The fourth-order valence-electron chi connectivity index (χ4n) is 3.46. The van der Waals surface area contributed by atoms with E-state index in [1.807, 2.05) is 0 Å². The molecule has 1 aromatic heterocycles. The van der Waals surface area contributed by atoms with Gasteiger partial charge in [-0.1, -0.05) is 29.8 Å². The SMILES string of the molecule is COc1ccc(C2C(C(=O)c3cccs3)=C(O)C(=O)N2c2cccc(Cl)c2)cc1O. The lowest BCUT2D eigenvalue weighted by Gasteiger charge is -2.27. The van der Waals surface area contributed by atoms with Crippen LogP contribution >= 0.6 is 22.9 Å². The lowest BCUT2D eigenvalue weighted by molar-refractivity contribution is -0.117. The quantitative estimate of drug-likeness (QED) is 0.550. The maximum absolute atomic E-state index is 13.2. The average Bonchev–Trinajstić information content (AvgIpc) is 3.35. The first-order chi connectivity index (χ1) is 14.4. The van der Waals surface area contributed by atoms with Gasteiger partial charge in [-0.15, -0.1) is 11.3 Å². The second kappa shape index (κ2) is 7.85. The number of hydrogen-bond donors (Lipinski definition) is 2. The Morgan fingerprint density at radius 2 is 1.93 bits per heavy atom. The number of rotatable bonds is 5. The van der Waals surface area contributed by atoms with Crippen molar-refractivity contribution in [3.05, 3.63) is 86.8 Å². The van der Waals surface area contributed by atoms with Gasteiger partial charge >= 0.3 is 0 Å². The van der Waals surface area contributed by atoms with Gasteiger partial charge in [0.2, 0.25) is 5.78 Å². The first-order valence-corrected chi connectivity index (χ1v) is 10.2. The number of ether oxygens (including phenoxy) is 1. The van der Waals surface area contributed by atoms with Crippen molar-refractivity contribution in [1.82, 2.24) is 0 Å². The van der Waals surface area contributed by atoms with Crippen LogP contribution in [0.1, 0.15) is 21.3 Å². The van der Waals surface area contributed by atoms with Gasteiger partial charge in [0.05, 0.1) is 23.6 Å². The summed E-state index contributed by atoms with van der Waals surface area (Å²) in [4.78, 5) is 27.9. The van der Waals surface area contributed by atoms with E-state index < -0.39 is 23.5 Å². The third-order valence-corrected chi connectivity index (χ3v) is 5.91. The molecule has 30 heavy (non-hydrogen) atoms. The predicted molar refractivity (Wildman–Crippen MR) is 115 cm³/mol. The number of carbonyl (C=O) groups excluding carboxylic acids is 2. The summed E-state index contributed by atoms with van der Waals surface area (Å²) in [5, 5.41) is 23.1. The minimum Gasteiger partial charge on any atom is -0.504 e. The van der Waals surface area contributed by atoms with Crippen molar-refractivity contribution in [3.8, 4) is 11.5 Å². The molecule has 1 unspecified atom stereocenters. The fraction of sp³-hybridized carbons (Fsp3) is 0.0909. The van der Waals surface area contributed by atoms with Crippen LogP contribution in [0.4, 0.5) is 5.69 Å². The summed E-state index contributed by atoms with van der Waals surface area (Å²) >= 11 is 7.32. The summed E-state index contributed by atoms with van der Waals surface area (Å²) in [6.45, 7) is 0. The van der Waals surface area contributed by atoms with Gasteiger partial charge in [-0.25, -0.2) is 0 Å². The first-order valence-electron chi connectivity index (χ1n) is 8.89. The smallest absolute Gasteiger partial charge is 0.294 e. The Labute approximate surface area is 181 Å². The van der Waals surface area contributed by atoms with Crippen molar-refractivity contribution < 1.29 is 24.5 Å². The van der Waals surface area contributed by atoms with E-state index in [1.165, 1.54) is 35.5 Å². The van der Waals surface area contributed by atoms with Crippen molar-refractivity contribution in [1.29, 1.82) is 0 Å². The molecule has 1 aliphatic rings. The van der Waals surface area contributed by atoms with E-state index in [1.54, 1.807) is 47.8 Å². The zero-order chi connectivity index (χ0) is 21.4. The summed E-state index contributed by atoms with van der Waals surface area (Å²) in [6.07, 6.45) is 0. The number of ketones is 1. The van der Waals surface area contributed by atoms with Crippen molar-refractivity contribution in [3.63, 3.8) is 0 Å². The Bertz CT molecular complexity index is 1170. The highest BCUT2D eigenvalue weighted by molar-refractivity contribution is 7.12. The summed E-state index contributed by atoms with van der Waals surface area (Å²) in [7, 11) is 1.42. The van der Waals surface area contributed by atoms with Crippen LogP contribution in [0.25, 0.3) is 0 Å². The zero-order valence-corrected chi connectivity index (χ0v) is 17.3. The Balaban J connectivity index is 1.90.